The molecule has 0 aromatic heterocycles. The molecule has 2 aromatic rings. The van der Waals surface area contributed by atoms with Crippen LogP contribution in [0.5, 0.6) is 0 Å². The third-order valence-corrected chi connectivity index (χ3v) is 6.61. The molecule has 0 bridgehead atoms. The van der Waals surface area contributed by atoms with E-state index in [1.54, 1.807) is 6.07 Å². The number of nitrogens with zero attached hydrogens (tertiary/aromatic N) is 2. The van der Waals surface area contributed by atoms with Crippen molar-refractivity contribution in [1.29, 1.82) is 0 Å². The van der Waals surface area contributed by atoms with Crippen LogP contribution in [-0.4, -0.2) is 43.8 Å². The van der Waals surface area contributed by atoms with Crippen LogP contribution in [0.4, 0.5) is 13.2 Å². The number of hydrogen-bond donors (Lipinski definition) is 0. The Bertz CT molecular complexity index is 894. The Balaban J connectivity index is 1.63. The lowest BCUT2D eigenvalue weighted by atomic mass is 10.1. The van der Waals surface area contributed by atoms with Gasteiger partial charge in [-0.25, -0.2) is 8.42 Å². The number of sulfonamides is 1. The molecule has 0 N–H and O–H groups in total. The van der Waals surface area contributed by atoms with E-state index < -0.39 is 21.8 Å². The third kappa shape index (κ3) is 4.82. The largest absolute Gasteiger partial charge is 0.416 e. The normalized spacial score (nSPS) is 17.2. The minimum absolute atomic E-state index is 0.179. The fourth-order valence-electron chi connectivity index (χ4n) is 2.99. The predicted octanol–water partition coefficient (Wildman–Crippen LogP) is 3.87. The van der Waals surface area contributed by atoms with Crippen LogP contribution in [0.25, 0.3) is 0 Å². The Morgan fingerprint density at radius 1 is 0.963 bits per heavy atom. The molecular weight excluding hydrogens is 401 g/mol. The maximum absolute atomic E-state index is 12.8. The van der Waals surface area contributed by atoms with Crippen LogP contribution in [0.2, 0.25) is 5.02 Å². The molecule has 2 aromatic carbocycles. The van der Waals surface area contributed by atoms with Gasteiger partial charge in [0, 0.05) is 37.7 Å². The lowest BCUT2D eigenvalue weighted by Gasteiger charge is -2.34. The fourth-order valence-corrected chi connectivity index (χ4v) is 4.54. The van der Waals surface area contributed by atoms with Gasteiger partial charge < -0.3 is 0 Å². The van der Waals surface area contributed by atoms with Gasteiger partial charge in [0.25, 0.3) is 0 Å². The van der Waals surface area contributed by atoms with E-state index in [2.05, 4.69) is 0 Å². The van der Waals surface area contributed by atoms with Gasteiger partial charge in [-0.3, -0.25) is 4.90 Å². The summed E-state index contributed by atoms with van der Waals surface area (Å²) in [6.45, 7) is 1.80. The Morgan fingerprint density at radius 3 is 2.19 bits per heavy atom. The molecule has 1 aliphatic heterocycles. The number of benzene rings is 2. The first-order chi connectivity index (χ1) is 12.7. The van der Waals surface area contributed by atoms with E-state index in [0.29, 0.717) is 30.2 Å². The van der Waals surface area contributed by atoms with Crippen molar-refractivity contribution in [1.82, 2.24) is 9.21 Å². The van der Waals surface area contributed by atoms with E-state index in [9.17, 15) is 21.6 Å². The zero-order chi connectivity index (χ0) is 19.7. The first-order valence-electron chi connectivity index (χ1n) is 8.30. The maximum atomic E-state index is 12.8. The van der Waals surface area contributed by atoms with E-state index in [-0.39, 0.29) is 18.0 Å². The molecule has 1 heterocycles. The molecule has 0 aliphatic carbocycles. The molecule has 1 saturated heterocycles. The molecule has 146 valence electrons. The quantitative estimate of drug-likeness (QED) is 0.757. The van der Waals surface area contributed by atoms with E-state index in [1.165, 1.54) is 34.6 Å². The first kappa shape index (κ1) is 20.1. The minimum atomic E-state index is -4.37. The third-order valence-electron chi connectivity index (χ3n) is 4.44. The Hall–Kier alpha value is -1.61. The number of hydrogen-bond acceptors (Lipinski definition) is 3. The minimum Gasteiger partial charge on any atom is -0.296 e. The monoisotopic (exact) mass is 418 g/mol. The lowest BCUT2D eigenvalue weighted by Crippen LogP contribution is -2.48. The van der Waals surface area contributed by atoms with Gasteiger partial charge >= 0.3 is 6.18 Å². The van der Waals surface area contributed by atoms with Crippen molar-refractivity contribution < 1.29 is 21.6 Å². The van der Waals surface area contributed by atoms with Gasteiger partial charge in [0.05, 0.1) is 10.5 Å². The van der Waals surface area contributed by atoms with Gasteiger partial charge in [0.1, 0.15) is 0 Å². The summed E-state index contributed by atoms with van der Waals surface area (Å²) in [5.41, 5.74) is -0.122. The topological polar surface area (TPSA) is 40.6 Å². The van der Waals surface area contributed by atoms with Crippen LogP contribution < -0.4 is 0 Å². The highest BCUT2D eigenvalue weighted by atomic mass is 35.5. The summed E-state index contributed by atoms with van der Waals surface area (Å²) in [7, 11) is -3.60. The van der Waals surface area contributed by atoms with Crippen molar-refractivity contribution in [2.45, 2.75) is 17.6 Å². The number of halogens is 4. The molecule has 0 unspecified atom stereocenters. The van der Waals surface area contributed by atoms with Crippen molar-refractivity contribution in [3.05, 3.63) is 64.7 Å². The maximum Gasteiger partial charge on any atom is 0.416 e. The summed E-state index contributed by atoms with van der Waals surface area (Å²) in [5, 5.41) is 0.458. The number of rotatable bonds is 4. The lowest BCUT2D eigenvalue weighted by molar-refractivity contribution is -0.137. The van der Waals surface area contributed by atoms with E-state index >= 15 is 0 Å². The van der Waals surface area contributed by atoms with Crippen LogP contribution in [0.3, 0.4) is 0 Å². The molecule has 0 spiro atoms. The van der Waals surface area contributed by atoms with Crippen LogP contribution in [0.1, 0.15) is 11.1 Å². The highest BCUT2D eigenvalue weighted by Crippen LogP contribution is 2.30. The number of piperazine rings is 1. The van der Waals surface area contributed by atoms with Crippen molar-refractivity contribution >= 4 is 21.6 Å². The number of alkyl halides is 3. The summed E-state index contributed by atoms with van der Waals surface area (Å²) in [6, 6.07) is 11.2. The first-order valence-corrected chi connectivity index (χ1v) is 10.1. The molecule has 3 rings (SSSR count). The van der Waals surface area contributed by atoms with Crippen LogP contribution >= 0.6 is 11.6 Å². The van der Waals surface area contributed by atoms with E-state index in [0.717, 1.165) is 12.1 Å². The smallest absolute Gasteiger partial charge is 0.296 e. The average molecular weight is 419 g/mol. The molecule has 1 fully saturated rings. The van der Waals surface area contributed by atoms with E-state index in [4.69, 9.17) is 11.6 Å². The average Bonchev–Trinajstić information content (AvgIpc) is 2.62. The predicted molar refractivity (Wildman–Crippen MR) is 96.9 cm³/mol. The second kappa shape index (κ2) is 7.79. The van der Waals surface area contributed by atoms with Crippen molar-refractivity contribution in [3.63, 3.8) is 0 Å². The van der Waals surface area contributed by atoms with Gasteiger partial charge in [-0.15, -0.1) is 0 Å². The Kier molecular flexibility index (Phi) is 5.81. The molecule has 0 atom stereocenters. The second-order valence-corrected chi connectivity index (χ2v) is 8.71. The van der Waals surface area contributed by atoms with Crippen molar-refractivity contribution in [2.75, 3.05) is 26.2 Å². The van der Waals surface area contributed by atoms with Gasteiger partial charge in [-0.1, -0.05) is 29.8 Å². The van der Waals surface area contributed by atoms with Crippen molar-refractivity contribution in [2.24, 2.45) is 0 Å². The molecule has 4 nitrogen and oxygen atoms in total. The fraction of sp³-hybridized carbons (Fsp3) is 0.333. The van der Waals surface area contributed by atoms with E-state index in [1.807, 2.05) is 4.90 Å². The van der Waals surface area contributed by atoms with Gasteiger partial charge in [-0.05, 0) is 35.9 Å². The second-order valence-electron chi connectivity index (χ2n) is 6.33. The summed E-state index contributed by atoms with van der Waals surface area (Å²) >= 11 is 5.80. The molecule has 1 aliphatic rings. The Morgan fingerprint density at radius 2 is 1.59 bits per heavy atom. The van der Waals surface area contributed by atoms with Gasteiger partial charge in [0.15, 0.2) is 0 Å². The van der Waals surface area contributed by atoms with Crippen LogP contribution in [-0.2, 0) is 22.7 Å². The molecule has 0 saturated carbocycles. The Labute approximate surface area is 161 Å². The highest BCUT2D eigenvalue weighted by molar-refractivity contribution is 7.89. The van der Waals surface area contributed by atoms with Crippen LogP contribution in [0.15, 0.2) is 53.4 Å². The SMILES string of the molecule is O=S(=O)(c1ccc(Cl)cc1)N1CCN(Cc2cccc(C(F)(F)F)c2)CC1. The summed E-state index contributed by atoms with van der Waals surface area (Å²) in [5.74, 6) is 0. The molecule has 0 radical (unpaired) electrons. The standard InChI is InChI=1S/C18H18ClF3N2O2S/c19-16-4-6-17(7-5-16)27(25,26)24-10-8-23(9-11-24)13-14-2-1-3-15(12-14)18(20,21)22/h1-7,12H,8-11,13H2. The van der Waals surface area contributed by atoms with Crippen molar-refractivity contribution in [3.8, 4) is 0 Å². The summed E-state index contributed by atoms with van der Waals surface area (Å²) in [4.78, 5) is 2.13. The molecule has 0 amide bonds. The zero-order valence-electron chi connectivity index (χ0n) is 14.3. The van der Waals surface area contributed by atoms with Gasteiger partial charge in [-0.2, -0.15) is 17.5 Å². The molecular formula is C18H18ClF3N2O2S. The van der Waals surface area contributed by atoms with Gasteiger partial charge in [0.2, 0.25) is 10.0 Å². The highest BCUT2D eigenvalue weighted by Gasteiger charge is 2.31. The summed E-state index contributed by atoms with van der Waals surface area (Å²) in [6.07, 6.45) is -4.37. The van der Waals surface area contributed by atoms with Crippen LogP contribution in [0, 0.1) is 0 Å². The molecule has 9 heteroatoms. The molecule has 27 heavy (non-hydrogen) atoms. The zero-order valence-corrected chi connectivity index (χ0v) is 15.9. The summed E-state index contributed by atoms with van der Waals surface area (Å²) < 4.78 is 65.2.